The van der Waals surface area contributed by atoms with Crippen LogP contribution in [-0.2, 0) is 6.54 Å². The number of phenolic OH excluding ortho intramolecular Hbond substituents is 1. The second-order valence-electron chi connectivity index (χ2n) is 4.75. The second kappa shape index (κ2) is 7.48. The molecule has 0 radical (unpaired) electrons. The van der Waals surface area contributed by atoms with Gasteiger partial charge in [0.25, 0.3) is 0 Å². The molecule has 2 N–H and O–H groups in total. The van der Waals surface area contributed by atoms with Gasteiger partial charge >= 0.3 is 0 Å². The van der Waals surface area contributed by atoms with Gasteiger partial charge in [0, 0.05) is 22.5 Å². The molecule has 0 unspecified atom stereocenters. The molecule has 1 aromatic heterocycles. The van der Waals surface area contributed by atoms with Crippen LogP contribution in [0.2, 0.25) is 0 Å². The van der Waals surface area contributed by atoms with Gasteiger partial charge in [0.1, 0.15) is 12.1 Å². The zero-order valence-electron chi connectivity index (χ0n) is 12.3. The quantitative estimate of drug-likeness (QED) is 0.694. The molecule has 23 heavy (non-hydrogen) atoms. The summed E-state index contributed by atoms with van der Waals surface area (Å²) in [5.74, 6) is 1.13. The maximum absolute atomic E-state index is 9.94. The maximum atomic E-state index is 9.94. The van der Waals surface area contributed by atoms with Crippen LogP contribution >= 0.6 is 28.3 Å². The molecular formula is C16H15BrClN3O2. The molecule has 5 nitrogen and oxygen atoms in total. The number of fused-ring (bicyclic) bond motifs is 1. The van der Waals surface area contributed by atoms with Crippen molar-refractivity contribution < 1.29 is 9.84 Å². The molecule has 0 bridgehead atoms. The molecule has 0 aliphatic carbocycles. The van der Waals surface area contributed by atoms with E-state index in [0.717, 1.165) is 15.4 Å². The smallest absolute Gasteiger partial charge is 0.162 e. The average Bonchev–Trinajstić information content (AvgIpc) is 2.52. The lowest BCUT2D eigenvalue weighted by molar-refractivity contribution is 0.374. The Kier molecular flexibility index (Phi) is 5.63. The minimum atomic E-state index is 0. The van der Waals surface area contributed by atoms with E-state index in [2.05, 4.69) is 31.2 Å². The van der Waals surface area contributed by atoms with Gasteiger partial charge in [0.05, 0.1) is 12.6 Å². The van der Waals surface area contributed by atoms with Gasteiger partial charge in [0.15, 0.2) is 11.5 Å². The van der Waals surface area contributed by atoms with E-state index in [4.69, 9.17) is 4.74 Å². The summed E-state index contributed by atoms with van der Waals surface area (Å²) in [6, 6.07) is 11.3. The number of benzene rings is 2. The van der Waals surface area contributed by atoms with Crippen LogP contribution in [0.15, 0.2) is 47.2 Å². The van der Waals surface area contributed by atoms with Gasteiger partial charge in [-0.2, -0.15) is 0 Å². The lowest BCUT2D eigenvalue weighted by Gasteiger charge is -2.10. The number of methoxy groups -OCH3 is 1. The summed E-state index contributed by atoms with van der Waals surface area (Å²) >= 11 is 3.45. The summed E-state index contributed by atoms with van der Waals surface area (Å²) in [7, 11) is 1.51. The third-order valence-electron chi connectivity index (χ3n) is 3.28. The van der Waals surface area contributed by atoms with Gasteiger partial charge in [-0.15, -0.1) is 12.4 Å². The summed E-state index contributed by atoms with van der Waals surface area (Å²) in [5, 5.41) is 14.0. The third kappa shape index (κ3) is 3.83. The topological polar surface area (TPSA) is 67.3 Å². The summed E-state index contributed by atoms with van der Waals surface area (Å²) in [4.78, 5) is 8.47. The fraction of sp³-hybridized carbons (Fsp3) is 0.125. The van der Waals surface area contributed by atoms with Crippen LogP contribution in [0.4, 0.5) is 5.82 Å². The van der Waals surface area contributed by atoms with Gasteiger partial charge in [-0.05, 0) is 23.8 Å². The number of aromatic hydroxyl groups is 1. The highest BCUT2D eigenvalue weighted by Crippen LogP contribution is 2.32. The van der Waals surface area contributed by atoms with Crippen molar-refractivity contribution in [3.8, 4) is 11.5 Å². The number of ether oxygens (including phenoxy) is 1. The molecule has 0 fully saturated rings. The van der Waals surface area contributed by atoms with Crippen molar-refractivity contribution in [2.75, 3.05) is 12.4 Å². The molecule has 0 saturated heterocycles. The molecule has 7 heteroatoms. The molecule has 1 heterocycles. The summed E-state index contributed by atoms with van der Waals surface area (Å²) in [6.07, 6.45) is 1.49. The van der Waals surface area contributed by atoms with E-state index in [9.17, 15) is 5.11 Å². The minimum Gasteiger partial charge on any atom is -0.504 e. The Labute approximate surface area is 148 Å². The van der Waals surface area contributed by atoms with Gasteiger partial charge in [-0.1, -0.05) is 28.1 Å². The van der Waals surface area contributed by atoms with Crippen molar-refractivity contribution in [3.05, 3.63) is 52.8 Å². The highest BCUT2D eigenvalue weighted by molar-refractivity contribution is 9.10. The van der Waals surface area contributed by atoms with E-state index in [1.807, 2.05) is 24.3 Å². The number of phenols is 1. The lowest BCUT2D eigenvalue weighted by Crippen LogP contribution is -2.02. The summed E-state index contributed by atoms with van der Waals surface area (Å²) < 4.78 is 6.13. The van der Waals surface area contributed by atoms with Gasteiger partial charge < -0.3 is 15.2 Å². The maximum Gasteiger partial charge on any atom is 0.162 e. The fourth-order valence-corrected chi connectivity index (χ4v) is 2.66. The van der Waals surface area contributed by atoms with E-state index in [1.165, 1.54) is 13.4 Å². The van der Waals surface area contributed by atoms with Crippen LogP contribution in [0.25, 0.3) is 10.9 Å². The van der Waals surface area contributed by atoms with Crippen LogP contribution in [-0.4, -0.2) is 22.2 Å². The fourth-order valence-electron chi connectivity index (χ4n) is 2.21. The Balaban J connectivity index is 0.00000192. The number of nitrogens with zero attached hydrogens (tertiary/aromatic N) is 2. The molecular weight excluding hydrogens is 382 g/mol. The molecule has 0 aliphatic rings. The molecule has 3 aromatic rings. The van der Waals surface area contributed by atoms with Gasteiger partial charge in [0.2, 0.25) is 0 Å². The molecule has 0 spiro atoms. The highest BCUT2D eigenvalue weighted by Gasteiger charge is 2.09. The molecule has 0 saturated carbocycles. The van der Waals surface area contributed by atoms with Gasteiger partial charge in [-0.3, -0.25) is 0 Å². The van der Waals surface area contributed by atoms with E-state index in [0.29, 0.717) is 23.6 Å². The zero-order chi connectivity index (χ0) is 15.5. The average molecular weight is 397 g/mol. The first kappa shape index (κ1) is 17.3. The van der Waals surface area contributed by atoms with Crippen molar-refractivity contribution in [1.29, 1.82) is 0 Å². The van der Waals surface area contributed by atoms with Crippen molar-refractivity contribution >= 4 is 45.1 Å². The SMILES string of the molecule is COc1cc2ncnc(NCc3cccc(Br)c3)c2cc1O.Cl. The predicted octanol–water partition coefficient (Wildman–Crippen LogP) is 4.14. The molecule has 3 rings (SSSR count). The number of rotatable bonds is 4. The Hall–Kier alpha value is -2.05. The van der Waals surface area contributed by atoms with E-state index in [-0.39, 0.29) is 18.2 Å². The van der Waals surface area contributed by atoms with Crippen LogP contribution in [0.1, 0.15) is 5.56 Å². The standard InChI is InChI=1S/C16H14BrN3O2.ClH/c1-22-15-7-13-12(6-14(15)21)16(20-9-19-13)18-8-10-3-2-4-11(17)5-10;/h2-7,9,21H,8H2,1H3,(H,18,19,20);1H. The number of anilines is 1. The zero-order valence-corrected chi connectivity index (χ0v) is 14.7. The van der Waals surface area contributed by atoms with Crippen LogP contribution in [0.5, 0.6) is 11.5 Å². The van der Waals surface area contributed by atoms with Crippen molar-refractivity contribution in [2.45, 2.75) is 6.54 Å². The van der Waals surface area contributed by atoms with Crippen LogP contribution in [0, 0.1) is 0 Å². The number of halogens is 2. The molecule has 2 aromatic carbocycles. The number of hydrogen-bond acceptors (Lipinski definition) is 5. The summed E-state index contributed by atoms with van der Waals surface area (Å²) in [5.41, 5.74) is 1.83. The molecule has 0 amide bonds. The molecule has 0 aliphatic heterocycles. The molecule has 0 atom stereocenters. The van der Waals surface area contributed by atoms with E-state index >= 15 is 0 Å². The Morgan fingerprint density at radius 3 is 2.78 bits per heavy atom. The van der Waals surface area contributed by atoms with Crippen molar-refractivity contribution in [2.24, 2.45) is 0 Å². The highest BCUT2D eigenvalue weighted by atomic mass is 79.9. The monoisotopic (exact) mass is 395 g/mol. The first-order valence-electron chi connectivity index (χ1n) is 6.67. The minimum absolute atomic E-state index is 0. The Morgan fingerprint density at radius 1 is 1.22 bits per heavy atom. The van der Waals surface area contributed by atoms with Crippen molar-refractivity contribution in [1.82, 2.24) is 9.97 Å². The first-order chi connectivity index (χ1) is 10.7. The number of aromatic nitrogens is 2. The van der Waals surface area contributed by atoms with Crippen LogP contribution < -0.4 is 10.1 Å². The Bertz CT molecular complexity index is 830. The summed E-state index contributed by atoms with van der Waals surface area (Å²) in [6.45, 7) is 0.623. The lowest BCUT2D eigenvalue weighted by atomic mass is 10.2. The second-order valence-corrected chi connectivity index (χ2v) is 5.66. The Morgan fingerprint density at radius 2 is 2.04 bits per heavy atom. The van der Waals surface area contributed by atoms with Gasteiger partial charge in [-0.25, -0.2) is 9.97 Å². The largest absolute Gasteiger partial charge is 0.504 e. The predicted molar refractivity (Wildman–Crippen MR) is 96.5 cm³/mol. The first-order valence-corrected chi connectivity index (χ1v) is 7.46. The number of nitrogens with one attached hydrogen (secondary N) is 1. The number of hydrogen-bond donors (Lipinski definition) is 2. The normalized spacial score (nSPS) is 10.2. The van der Waals surface area contributed by atoms with E-state index < -0.39 is 0 Å². The third-order valence-corrected chi connectivity index (χ3v) is 3.78. The van der Waals surface area contributed by atoms with Crippen LogP contribution in [0.3, 0.4) is 0 Å². The molecule has 120 valence electrons. The van der Waals surface area contributed by atoms with E-state index in [1.54, 1.807) is 12.1 Å². The van der Waals surface area contributed by atoms with Crippen molar-refractivity contribution in [3.63, 3.8) is 0 Å².